The van der Waals surface area contributed by atoms with E-state index in [2.05, 4.69) is 5.32 Å². The van der Waals surface area contributed by atoms with Gasteiger partial charge in [-0.2, -0.15) is 17.5 Å². The molecule has 4 nitrogen and oxygen atoms in total. The largest absolute Gasteiger partial charge is 0.425 e. The fourth-order valence-electron chi connectivity index (χ4n) is 2.83. The second-order valence-electron chi connectivity index (χ2n) is 5.82. The molecule has 1 aromatic carbocycles. The molecule has 1 fully saturated rings. The highest BCUT2D eigenvalue weighted by atomic mass is 32.2. The molecule has 1 aliphatic rings. The van der Waals surface area contributed by atoms with Gasteiger partial charge in [0.25, 0.3) is 0 Å². The van der Waals surface area contributed by atoms with Crippen molar-refractivity contribution in [3.05, 3.63) is 52.2 Å². The van der Waals surface area contributed by atoms with Gasteiger partial charge in [0.1, 0.15) is 4.88 Å². The number of benzene rings is 1. The number of sulfonamides is 1. The van der Waals surface area contributed by atoms with Gasteiger partial charge in [0.15, 0.2) is 0 Å². The van der Waals surface area contributed by atoms with Gasteiger partial charge in [-0.3, -0.25) is 0 Å². The van der Waals surface area contributed by atoms with E-state index in [4.69, 9.17) is 0 Å². The predicted molar refractivity (Wildman–Crippen MR) is 89.8 cm³/mol. The fraction of sp³-hybridized carbons (Fsp3) is 0.375. The van der Waals surface area contributed by atoms with E-state index in [-0.39, 0.29) is 29.6 Å². The van der Waals surface area contributed by atoms with Gasteiger partial charge in [0.2, 0.25) is 10.0 Å². The van der Waals surface area contributed by atoms with Crippen LogP contribution in [0.4, 0.5) is 13.2 Å². The topological polar surface area (TPSA) is 49.4 Å². The van der Waals surface area contributed by atoms with Crippen LogP contribution < -0.4 is 5.32 Å². The lowest BCUT2D eigenvalue weighted by Crippen LogP contribution is -2.35. The summed E-state index contributed by atoms with van der Waals surface area (Å²) < 4.78 is 65.1. The van der Waals surface area contributed by atoms with E-state index >= 15 is 0 Å². The molecule has 3 rings (SSSR count). The molecule has 9 heteroatoms. The van der Waals surface area contributed by atoms with Crippen molar-refractivity contribution >= 4 is 21.4 Å². The Kier molecular flexibility index (Phi) is 5.19. The maximum Gasteiger partial charge on any atom is 0.425 e. The maximum absolute atomic E-state index is 12.9. The van der Waals surface area contributed by atoms with Crippen LogP contribution in [0.5, 0.6) is 0 Å². The van der Waals surface area contributed by atoms with E-state index in [9.17, 15) is 21.6 Å². The normalized spacial score (nSPS) is 19.4. The minimum Gasteiger partial charge on any atom is -0.309 e. The molecule has 0 radical (unpaired) electrons. The van der Waals surface area contributed by atoms with Crippen LogP contribution in [0.3, 0.4) is 0 Å². The lowest BCUT2D eigenvalue weighted by molar-refractivity contribution is -0.134. The zero-order chi connectivity index (χ0) is 18.1. The van der Waals surface area contributed by atoms with Crippen LogP contribution in [0, 0.1) is 0 Å². The lowest BCUT2D eigenvalue weighted by atomic mass is 10.2. The average molecular weight is 390 g/mol. The quantitative estimate of drug-likeness (QED) is 0.852. The average Bonchev–Trinajstić information content (AvgIpc) is 3.23. The molecule has 1 N–H and O–H groups in total. The summed E-state index contributed by atoms with van der Waals surface area (Å²) in [6.07, 6.45) is -3.79. The Morgan fingerprint density at radius 3 is 2.60 bits per heavy atom. The van der Waals surface area contributed by atoms with Gasteiger partial charge < -0.3 is 5.32 Å². The number of nitrogens with one attached hydrogen (secondary N) is 1. The second-order valence-corrected chi connectivity index (χ2v) is 8.67. The molecule has 1 atom stereocenters. The number of nitrogens with zero attached hydrogens (tertiary/aromatic N) is 1. The molecule has 0 amide bonds. The van der Waals surface area contributed by atoms with Crippen molar-refractivity contribution in [2.75, 3.05) is 13.1 Å². The maximum atomic E-state index is 12.9. The molecule has 1 saturated heterocycles. The Labute approximate surface area is 148 Å². The van der Waals surface area contributed by atoms with Gasteiger partial charge in [-0.25, -0.2) is 8.42 Å². The molecule has 1 aliphatic heterocycles. The summed E-state index contributed by atoms with van der Waals surface area (Å²) in [6.45, 7) is 0.676. The second kappa shape index (κ2) is 7.06. The number of thiophene rings is 1. The highest BCUT2D eigenvalue weighted by molar-refractivity contribution is 7.89. The van der Waals surface area contributed by atoms with E-state index in [1.165, 1.54) is 27.9 Å². The monoisotopic (exact) mass is 390 g/mol. The summed E-state index contributed by atoms with van der Waals surface area (Å²) in [4.78, 5) is -0.375. The highest BCUT2D eigenvalue weighted by Gasteiger charge is 2.36. The molecule has 2 heterocycles. The minimum absolute atomic E-state index is 0.0717. The van der Waals surface area contributed by atoms with Gasteiger partial charge in [0, 0.05) is 25.7 Å². The van der Waals surface area contributed by atoms with Gasteiger partial charge in [-0.15, -0.1) is 11.3 Å². The zero-order valence-electron chi connectivity index (χ0n) is 13.2. The molecule has 1 aromatic heterocycles. The van der Waals surface area contributed by atoms with E-state index < -0.39 is 21.1 Å². The smallest absolute Gasteiger partial charge is 0.309 e. The van der Waals surface area contributed by atoms with Gasteiger partial charge >= 0.3 is 6.18 Å². The van der Waals surface area contributed by atoms with Gasteiger partial charge in [-0.05, 0) is 35.6 Å². The van der Waals surface area contributed by atoms with Crippen molar-refractivity contribution in [1.82, 2.24) is 9.62 Å². The third-order valence-corrected chi connectivity index (χ3v) is 7.00. The Hall–Kier alpha value is -1.42. The van der Waals surface area contributed by atoms with Crippen LogP contribution in [0.15, 0.2) is 46.7 Å². The lowest BCUT2D eigenvalue weighted by Gasteiger charge is -2.17. The number of rotatable bonds is 5. The third kappa shape index (κ3) is 4.05. The number of halogens is 3. The van der Waals surface area contributed by atoms with Crippen molar-refractivity contribution in [2.24, 2.45) is 0 Å². The van der Waals surface area contributed by atoms with Crippen LogP contribution in [0.2, 0.25) is 0 Å². The highest BCUT2D eigenvalue weighted by Crippen LogP contribution is 2.36. The van der Waals surface area contributed by atoms with E-state index in [0.717, 1.165) is 0 Å². The molecule has 136 valence electrons. The van der Waals surface area contributed by atoms with Crippen molar-refractivity contribution in [2.45, 2.75) is 30.1 Å². The number of alkyl halides is 3. The van der Waals surface area contributed by atoms with Crippen molar-refractivity contribution < 1.29 is 21.6 Å². The Morgan fingerprint density at radius 1 is 1.20 bits per heavy atom. The van der Waals surface area contributed by atoms with Crippen LogP contribution >= 0.6 is 11.3 Å². The standard InChI is InChI=1S/C16H17F3N2O2S2/c17-16(18,19)15-12(7-9-24-15)10-20-13-6-8-21(11-13)25(22,23)14-4-2-1-3-5-14/h1-5,7,9,13,20H,6,8,10-11H2/t13-/m0/s1. The zero-order valence-corrected chi connectivity index (χ0v) is 14.8. The van der Waals surface area contributed by atoms with Gasteiger partial charge in [-0.1, -0.05) is 18.2 Å². The molecule has 0 unspecified atom stereocenters. The van der Waals surface area contributed by atoms with E-state index in [0.29, 0.717) is 24.3 Å². The Bertz CT molecular complexity index is 819. The Balaban J connectivity index is 1.62. The molecule has 0 spiro atoms. The van der Waals surface area contributed by atoms with Crippen LogP contribution in [0.25, 0.3) is 0 Å². The first kappa shape index (κ1) is 18.4. The summed E-state index contributed by atoms with van der Waals surface area (Å²) >= 11 is 0.670. The molecule has 2 aromatic rings. The summed E-state index contributed by atoms with van der Waals surface area (Å²) in [5.41, 5.74) is 0.196. The first-order valence-electron chi connectivity index (χ1n) is 7.70. The van der Waals surface area contributed by atoms with Crippen LogP contribution in [0.1, 0.15) is 16.9 Å². The number of hydrogen-bond acceptors (Lipinski definition) is 4. The Morgan fingerprint density at radius 2 is 1.92 bits per heavy atom. The van der Waals surface area contributed by atoms with Crippen LogP contribution in [-0.4, -0.2) is 31.9 Å². The summed E-state index contributed by atoms with van der Waals surface area (Å²) in [5, 5.41) is 4.47. The van der Waals surface area contributed by atoms with Crippen molar-refractivity contribution in [3.63, 3.8) is 0 Å². The predicted octanol–water partition coefficient (Wildman–Crippen LogP) is 3.32. The van der Waals surface area contributed by atoms with Crippen molar-refractivity contribution in [1.29, 1.82) is 0 Å². The molecule has 0 saturated carbocycles. The fourth-order valence-corrected chi connectivity index (χ4v) is 5.15. The molecular weight excluding hydrogens is 373 g/mol. The molecular formula is C16H17F3N2O2S2. The van der Waals surface area contributed by atoms with E-state index in [1.807, 2.05) is 0 Å². The first-order chi connectivity index (χ1) is 11.8. The van der Waals surface area contributed by atoms with Crippen molar-refractivity contribution in [3.8, 4) is 0 Å². The van der Waals surface area contributed by atoms with Crippen LogP contribution in [-0.2, 0) is 22.7 Å². The SMILES string of the molecule is O=S(=O)(c1ccccc1)N1CC[C@H](NCc2ccsc2C(F)(F)F)C1. The summed E-state index contributed by atoms with van der Waals surface area (Å²) in [6, 6.07) is 9.43. The summed E-state index contributed by atoms with van der Waals surface area (Å²) in [5.74, 6) is 0. The van der Waals surface area contributed by atoms with Gasteiger partial charge in [0.05, 0.1) is 4.90 Å². The molecule has 25 heavy (non-hydrogen) atoms. The number of hydrogen-bond donors (Lipinski definition) is 1. The summed E-state index contributed by atoms with van der Waals surface area (Å²) in [7, 11) is -3.56. The molecule has 0 aliphatic carbocycles. The molecule has 0 bridgehead atoms. The van der Waals surface area contributed by atoms with E-state index in [1.54, 1.807) is 18.2 Å². The minimum atomic E-state index is -4.36. The third-order valence-electron chi connectivity index (χ3n) is 4.12. The first-order valence-corrected chi connectivity index (χ1v) is 10.0.